The van der Waals surface area contributed by atoms with Gasteiger partial charge in [0.1, 0.15) is 5.75 Å². The van der Waals surface area contributed by atoms with E-state index in [-0.39, 0.29) is 11.7 Å². The van der Waals surface area contributed by atoms with Crippen molar-refractivity contribution in [3.8, 4) is 5.75 Å². The Morgan fingerprint density at radius 2 is 1.96 bits per heavy atom. The molecule has 5 nitrogen and oxygen atoms in total. The van der Waals surface area contributed by atoms with Gasteiger partial charge in [-0.15, -0.1) is 0 Å². The summed E-state index contributed by atoms with van der Waals surface area (Å²) in [5.74, 6) is -0.169. The second-order valence-corrected chi connectivity index (χ2v) is 5.56. The van der Waals surface area contributed by atoms with Crippen molar-refractivity contribution in [2.75, 3.05) is 6.54 Å². The summed E-state index contributed by atoms with van der Waals surface area (Å²) in [6.07, 6.45) is 3.63. The van der Waals surface area contributed by atoms with Gasteiger partial charge in [-0.2, -0.15) is 5.10 Å². The lowest BCUT2D eigenvalue weighted by Crippen LogP contribution is -2.30. The van der Waals surface area contributed by atoms with E-state index in [9.17, 15) is 9.90 Å². The van der Waals surface area contributed by atoms with Gasteiger partial charge in [-0.25, -0.2) is 0 Å². The SMILES string of the molecule is CCN(Cc1cnn(C)c1)C(=O)c1cc2ccccc2cc1O. The molecule has 1 aromatic heterocycles. The fourth-order valence-corrected chi connectivity index (χ4v) is 2.67. The summed E-state index contributed by atoms with van der Waals surface area (Å²) in [5.41, 5.74) is 1.29. The summed E-state index contributed by atoms with van der Waals surface area (Å²) >= 11 is 0. The van der Waals surface area contributed by atoms with Crippen LogP contribution in [0.3, 0.4) is 0 Å². The second-order valence-electron chi connectivity index (χ2n) is 5.56. The zero-order valence-corrected chi connectivity index (χ0v) is 13.2. The van der Waals surface area contributed by atoms with Gasteiger partial charge in [0.2, 0.25) is 0 Å². The first kappa shape index (κ1) is 15.1. The number of hydrogen-bond acceptors (Lipinski definition) is 3. The lowest BCUT2D eigenvalue weighted by atomic mass is 10.0. The standard InChI is InChI=1S/C18H19N3O2/c1-3-21(12-13-10-19-20(2)11-13)18(23)16-8-14-6-4-5-7-15(14)9-17(16)22/h4-11,22H,3,12H2,1-2H3. The lowest BCUT2D eigenvalue weighted by Gasteiger charge is -2.21. The monoisotopic (exact) mass is 309 g/mol. The molecule has 1 amide bonds. The average molecular weight is 309 g/mol. The van der Waals surface area contributed by atoms with Gasteiger partial charge in [-0.1, -0.05) is 24.3 Å². The van der Waals surface area contributed by atoms with E-state index in [2.05, 4.69) is 5.10 Å². The summed E-state index contributed by atoms with van der Waals surface area (Å²) in [5, 5.41) is 16.2. The number of phenolic OH excluding ortho intramolecular Hbond substituents is 1. The number of hydrogen-bond donors (Lipinski definition) is 1. The minimum atomic E-state index is -0.181. The highest BCUT2D eigenvalue weighted by Gasteiger charge is 2.19. The molecule has 3 rings (SSSR count). The van der Waals surface area contributed by atoms with Gasteiger partial charge in [-0.05, 0) is 29.8 Å². The Morgan fingerprint density at radius 3 is 2.57 bits per heavy atom. The lowest BCUT2D eigenvalue weighted by molar-refractivity contribution is 0.0749. The molecule has 0 saturated carbocycles. The van der Waals surface area contributed by atoms with Crippen molar-refractivity contribution in [2.24, 2.45) is 7.05 Å². The number of nitrogens with zero attached hydrogens (tertiary/aromatic N) is 3. The van der Waals surface area contributed by atoms with Crippen molar-refractivity contribution in [2.45, 2.75) is 13.5 Å². The van der Waals surface area contributed by atoms with Crippen LogP contribution in [0.5, 0.6) is 5.75 Å². The van der Waals surface area contributed by atoms with Crippen molar-refractivity contribution < 1.29 is 9.90 Å². The van der Waals surface area contributed by atoms with E-state index in [1.54, 1.807) is 27.9 Å². The number of benzene rings is 2. The van der Waals surface area contributed by atoms with Gasteiger partial charge >= 0.3 is 0 Å². The fraction of sp³-hybridized carbons (Fsp3) is 0.222. The molecule has 0 fully saturated rings. The number of aryl methyl sites for hydroxylation is 1. The summed E-state index contributed by atoms with van der Waals surface area (Å²) in [7, 11) is 1.84. The van der Waals surface area contributed by atoms with Crippen LogP contribution in [-0.4, -0.2) is 32.2 Å². The van der Waals surface area contributed by atoms with Crippen LogP contribution in [0.2, 0.25) is 0 Å². The molecule has 0 atom stereocenters. The van der Waals surface area contributed by atoms with Gasteiger partial charge < -0.3 is 10.0 Å². The topological polar surface area (TPSA) is 58.4 Å². The third-order valence-electron chi connectivity index (χ3n) is 3.90. The van der Waals surface area contributed by atoms with Gasteiger partial charge in [0, 0.05) is 31.9 Å². The van der Waals surface area contributed by atoms with Crippen molar-refractivity contribution in [3.63, 3.8) is 0 Å². The third-order valence-corrected chi connectivity index (χ3v) is 3.90. The summed E-state index contributed by atoms with van der Waals surface area (Å²) in [4.78, 5) is 14.5. The smallest absolute Gasteiger partial charge is 0.257 e. The molecule has 0 aliphatic heterocycles. The highest BCUT2D eigenvalue weighted by atomic mass is 16.3. The number of phenols is 1. The second kappa shape index (κ2) is 6.12. The molecule has 23 heavy (non-hydrogen) atoms. The first-order chi connectivity index (χ1) is 11.1. The molecule has 1 heterocycles. The van der Waals surface area contributed by atoms with Crippen LogP contribution in [0, 0.1) is 0 Å². The van der Waals surface area contributed by atoms with E-state index in [0.717, 1.165) is 16.3 Å². The third kappa shape index (κ3) is 3.04. The van der Waals surface area contributed by atoms with Crippen LogP contribution in [0.15, 0.2) is 48.8 Å². The van der Waals surface area contributed by atoms with E-state index in [1.807, 2.05) is 44.4 Å². The summed E-state index contributed by atoms with van der Waals surface area (Å²) < 4.78 is 1.71. The number of aromatic nitrogens is 2. The Balaban J connectivity index is 1.92. The molecule has 0 aliphatic carbocycles. The minimum absolute atomic E-state index is 0.0123. The van der Waals surface area contributed by atoms with Crippen molar-refractivity contribution in [1.29, 1.82) is 0 Å². The molecule has 5 heteroatoms. The van der Waals surface area contributed by atoms with E-state index >= 15 is 0 Å². The van der Waals surface area contributed by atoms with Gasteiger partial charge in [-0.3, -0.25) is 9.48 Å². The zero-order valence-electron chi connectivity index (χ0n) is 13.2. The molecule has 0 radical (unpaired) electrons. The maximum Gasteiger partial charge on any atom is 0.257 e. The maximum atomic E-state index is 12.8. The van der Waals surface area contributed by atoms with Crippen LogP contribution in [0.4, 0.5) is 0 Å². The van der Waals surface area contributed by atoms with E-state index in [4.69, 9.17) is 0 Å². The van der Waals surface area contributed by atoms with Gasteiger partial charge in [0.15, 0.2) is 0 Å². The molecule has 0 saturated heterocycles. The largest absolute Gasteiger partial charge is 0.507 e. The van der Waals surface area contributed by atoms with Crippen LogP contribution < -0.4 is 0 Å². The molecule has 2 aromatic carbocycles. The Hall–Kier alpha value is -2.82. The number of carbonyl (C=O) groups is 1. The van der Waals surface area contributed by atoms with E-state index < -0.39 is 0 Å². The molecular weight excluding hydrogens is 290 g/mol. The molecule has 0 unspecified atom stereocenters. The number of fused-ring (bicyclic) bond motifs is 1. The van der Waals surface area contributed by atoms with Crippen LogP contribution >= 0.6 is 0 Å². The normalized spacial score (nSPS) is 10.9. The zero-order chi connectivity index (χ0) is 16.4. The fourth-order valence-electron chi connectivity index (χ4n) is 2.67. The number of rotatable bonds is 4. The summed E-state index contributed by atoms with van der Waals surface area (Å²) in [6, 6.07) is 11.1. The first-order valence-electron chi connectivity index (χ1n) is 7.57. The minimum Gasteiger partial charge on any atom is -0.507 e. The number of aromatic hydroxyl groups is 1. The highest BCUT2D eigenvalue weighted by Crippen LogP contribution is 2.26. The molecular formula is C18H19N3O2. The van der Waals surface area contributed by atoms with Crippen LogP contribution in [0.25, 0.3) is 10.8 Å². The molecule has 3 aromatic rings. The Kier molecular flexibility index (Phi) is 4.02. The molecule has 0 spiro atoms. The van der Waals surface area contributed by atoms with E-state index in [1.165, 1.54) is 0 Å². The molecule has 0 bridgehead atoms. The molecule has 1 N–H and O–H groups in total. The Labute approximate surface area is 134 Å². The van der Waals surface area contributed by atoms with Crippen molar-refractivity contribution in [1.82, 2.24) is 14.7 Å². The van der Waals surface area contributed by atoms with Crippen molar-refractivity contribution >= 4 is 16.7 Å². The molecule has 118 valence electrons. The predicted molar refractivity (Wildman–Crippen MR) is 89.2 cm³/mol. The molecule has 0 aliphatic rings. The quantitative estimate of drug-likeness (QED) is 0.806. The van der Waals surface area contributed by atoms with Crippen molar-refractivity contribution in [3.05, 3.63) is 59.9 Å². The van der Waals surface area contributed by atoms with Crippen LogP contribution in [0.1, 0.15) is 22.8 Å². The summed E-state index contributed by atoms with van der Waals surface area (Å²) in [6.45, 7) is 2.95. The number of carbonyl (C=O) groups excluding carboxylic acids is 1. The van der Waals surface area contributed by atoms with Gasteiger partial charge in [0.25, 0.3) is 5.91 Å². The highest BCUT2D eigenvalue weighted by molar-refractivity contribution is 6.01. The Morgan fingerprint density at radius 1 is 1.26 bits per heavy atom. The average Bonchev–Trinajstić information content (AvgIpc) is 2.96. The van der Waals surface area contributed by atoms with Crippen LogP contribution in [-0.2, 0) is 13.6 Å². The van der Waals surface area contributed by atoms with Gasteiger partial charge in [0.05, 0.1) is 11.8 Å². The Bertz CT molecular complexity index is 854. The predicted octanol–water partition coefficient (Wildman–Crippen LogP) is 2.94. The first-order valence-corrected chi connectivity index (χ1v) is 7.57. The van der Waals surface area contributed by atoms with E-state index in [0.29, 0.717) is 18.7 Å². The number of amides is 1. The maximum absolute atomic E-state index is 12.8.